The van der Waals surface area contributed by atoms with Crippen LogP contribution < -0.4 is 10.2 Å². The lowest BCUT2D eigenvalue weighted by Gasteiger charge is -2.17. The van der Waals surface area contributed by atoms with Crippen molar-refractivity contribution in [2.24, 2.45) is 0 Å². The molecule has 1 aromatic carbocycles. The maximum atomic E-state index is 12.6. The van der Waals surface area contributed by atoms with Crippen LogP contribution in [0.25, 0.3) is 0 Å². The molecule has 2 aromatic heterocycles. The van der Waals surface area contributed by atoms with Crippen molar-refractivity contribution in [3.05, 3.63) is 71.0 Å². The standard InChI is InChI=1S/C20H21N3O3S/c1-22(2)15-8-6-14(7-9-15)13-23(3)20(25)17-10-11-18(27-17)21-19(24)16-5-4-12-26-16/h4-12H,13H2,1-3H3,(H,21,24). The lowest BCUT2D eigenvalue weighted by atomic mass is 10.2. The summed E-state index contributed by atoms with van der Waals surface area (Å²) in [5.41, 5.74) is 2.17. The van der Waals surface area contributed by atoms with E-state index in [1.165, 1.54) is 17.6 Å². The van der Waals surface area contributed by atoms with E-state index in [4.69, 9.17) is 4.42 Å². The smallest absolute Gasteiger partial charge is 0.291 e. The Morgan fingerprint density at radius 1 is 1.04 bits per heavy atom. The summed E-state index contributed by atoms with van der Waals surface area (Å²) in [6.45, 7) is 0.512. The van der Waals surface area contributed by atoms with Gasteiger partial charge in [-0.25, -0.2) is 0 Å². The Labute approximate surface area is 162 Å². The summed E-state index contributed by atoms with van der Waals surface area (Å²) in [5, 5.41) is 3.34. The van der Waals surface area contributed by atoms with Crippen LogP contribution in [0.3, 0.4) is 0 Å². The number of amides is 2. The van der Waals surface area contributed by atoms with Crippen LogP contribution in [0.2, 0.25) is 0 Å². The number of carbonyl (C=O) groups is 2. The number of rotatable bonds is 6. The van der Waals surface area contributed by atoms with E-state index < -0.39 is 0 Å². The Morgan fingerprint density at radius 2 is 1.78 bits per heavy atom. The van der Waals surface area contributed by atoms with E-state index in [9.17, 15) is 9.59 Å². The van der Waals surface area contributed by atoms with Crippen molar-refractivity contribution in [3.63, 3.8) is 0 Å². The normalized spacial score (nSPS) is 10.5. The highest BCUT2D eigenvalue weighted by molar-refractivity contribution is 7.18. The van der Waals surface area contributed by atoms with Crippen molar-refractivity contribution < 1.29 is 14.0 Å². The molecule has 0 atom stereocenters. The first-order chi connectivity index (χ1) is 12.9. The molecule has 0 saturated carbocycles. The zero-order valence-electron chi connectivity index (χ0n) is 15.4. The van der Waals surface area contributed by atoms with Gasteiger partial charge in [-0.2, -0.15) is 0 Å². The third-order valence-corrected chi connectivity index (χ3v) is 5.01. The molecule has 0 aliphatic rings. The summed E-state index contributed by atoms with van der Waals surface area (Å²) >= 11 is 1.24. The second-order valence-electron chi connectivity index (χ2n) is 6.32. The number of hydrogen-bond donors (Lipinski definition) is 1. The molecule has 7 heteroatoms. The number of anilines is 2. The molecule has 0 aliphatic heterocycles. The highest BCUT2D eigenvalue weighted by atomic mass is 32.1. The first kappa shape index (κ1) is 18.7. The molecule has 0 fully saturated rings. The summed E-state index contributed by atoms with van der Waals surface area (Å²) in [6.07, 6.45) is 1.44. The van der Waals surface area contributed by atoms with E-state index in [0.29, 0.717) is 16.4 Å². The molecule has 0 aliphatic carbocycles. The summed E-state index contributed by atoms with van der Waals surface area (Å²) < 4.78 is 5.06. The Bertz CT molecular complexity index is 914. The van der Waals surface area contributed by atoms with Crippen LogP contribution in [-0.2, 0) is 6.54 Å². The van der Waals surface area contributed by atoms with Crippen LogP contribution in [0.15, 0.2) is 59.2 Å². The fourth-order valence-corrected chi connectivity index (χ4v) is 3.43. The van der Waals surface area contributed by atoms with Crippen LogP contribution in [0.4, 0.5) is 10.7 Å². The summed E-state index contributed by atoms with van der Waals surface area (Å²) in [5.74, 6) is -0.195. The van der Waals surface area contributed by atoms with Crippen molar-refractivity contribution in [1.29, 1.82) is 0 Å². The van der Waals surface area contributed by atoms with E-state index in [1.807, 2.05) is 43.3 Å². The molecule has 0 bridgehead atoms. The second-order valence-corrected chi connectivity index (χ2v) is 7.40. The van der Waals surface area contributed by atoms with Crippen molar-refractivity contribution >= 4 is 33.8 Å². The van der Waals surface area contributed by atoms with Gasteiger partial charge in [0.25, 0.3) is 11.8 Å². The molecule has 0 saturated heterocycles. The number of nitrogens with zero attached hydrogens (tertiary/aromatic N) is 2. The third kappa shape index (κ3) is 4.57. The van der Waals surface area contributed by atoms with Gasteiger partial charge in [-0.1, -0.05) is 12.1 Å². The minimum Gasteiger partial charge on any atom is -0.459 e. The van der Waals surface area contributed by atoms with E-state index in [-0.39, 0.29) is 17.6 Å². The average Bonchev–Trinajstić information content (AvgIpc) is 3.33. The van der Waals surface area contributed by atoms with Gasteiger partial charge >= 0.3 is 0 Å². The number of furan rings is 1. The van der Waals surface area contributed by atoms with Crippen LogP contribution >= 0.6 is 11.3 Å². The highest BCUT2D eigenvalue weighted by Crippen LogP contribution is 2.24. The van der Waals surface area contributed by atoms with Gasteiger partial charge in [0.2, 0.25) is 0 Å². The Morgan fingerprint density at radius 3 is 2.41 bits per heavy atom. The van der Waals surface area contributed by atoms with Crippen molar-refractivity contribution in [1.82, 2.24) is 4.90 Å². The average molecular weight is 383 g/mol. The molecule has 2 amide bonds. The van der Waals surface area contributed by atoms with Gasteiger partial charge in [0.1, 0.15) is 0 Å². The van der Waals surface area contributed by atoms with Crippen LogP contribution in [0.5, 0.6) is 0 Å². The maximum absolute atomic E-state index is 12.6. The molecule has 0 spiro atoms. The van der Waals surface area contributed by atoms with Crippen molar-refractivity contribution in [2.75, 3.05) is 31.4 Å². The van der Waals surface area contributed by atoms with E-state index in [2.05, 4.69) is 5.32 Å². The lowest BCUT2D eigenvalue weighted by molar-refractivity contribution is 0.0789. The summed E-state index contributed by atoms with van der Waals surface area (Å²) in [4.78, 5) is 28.9. The molecular weight excluding hydrogens is 362 g/mol. The zero-order valence-corrected chi connectivity index (χ0v) is 16.2. The van der Waals surface area contributed by atoms with Gasteiger partial charge in [0.15, 0.2) is 5.76 Å². The van der Waals surface area contributed by atoms with Crippen LogP contribution in [0.1, 0.15) is 25.8 Å². The first-order valence-corrected chi connectivity index (χ1v) is 9.22. The number of carbonyl (C=O) groups excluding carboxylic acids is 2. The van der Waals surface area contributed by atoms with E-state index >= 15 is 0 Å². The first-order valence-electron chi connectivity index (χ1n) is 8.40. The molecule has 140 valence electrons. The molecule has 27 heavy (non-hydrogen) atoms. The van der Waals surface area contributed by atoms with Gasteiger partial charge in [-0.15, -0.1) is 11.3 Å². The molecule has 3 rings (SSSR count). The van der Waals surface area contributed by atoms with E-state index in [0.717, 1.165) is 11.3 Å². The molecule has 0 unspecified atom stereocenters. The fraction of sp³-hybridized carbons (Fsp3) is 0.200. The van der Waals surface area contributed by atoms with Gasteiger partial charge in [-0.05, 0) is 42.0 Å². The Kier molecular flexibility index (Phi) is 5.61. The Hall–Kier alpha value is -3.06. The van der Waals surface area contributed by atoms with Crippen LogP contribution in [0, 0.1) is 0 Å². The van der Waals surface area contributed by atoms with Gasteiger partial charge in [0, 0.05) is 33.4 Å². The zero-order chi connectivity index (χ0) is 19.4. The predicted molar refractivity (Wildman–Crippen MR) is 108 cm³/mol. The minimum absolute atomic E-state index is 0.0878. The highest BCUT2D eigenvalue weighted by Gasteiger charge is 2.16. The second kappa shape index (κ2) is 8.09. The molecule has 6 nitrogen and oxygen atoms in total. The lowest BCUT2D eigenvalue weighted by Crippen LogP contribution is -2.25. The number of thiophene rings is 1. The largest absolute Gasteiger partial charge is 0.459 e. The van der Waals surface area contributed by atoms with Crippen molar-refractivity contribution in [2.45, 2.75) is 6.54 Å². The fourth-order valence-electron chi connectivity index (χ4n) is 2.53. The Balaban J connectivity index is 1.61. The quantitative estimate of drug-likeness (QED) is 0.700. The molecule has 0 radical (unpaired) electrons. The van der Waals surface area contributed by atoms with Crippen LogP contribution in [-0.4, -0.2) is 37.9 Å². The molecule has 1 N–H and O–H groups in total. The number of benzene rings is 1. The maximum Gasteiger partial charge on any atom is 0.291 e. The predicted octanol–water partition coefficient (Wildman–Crippen LogP) is 3.93. The van der Waals surface area contributed by atoms with Gasteiger partial charge < -0.3 is 19.5 Å². The summed E-state index contributed by atoms with van der Waals surface area (Å²) in [7, 11) is 5.75. The van der Waals surface area contributed by atoms with Crippen molar-refractivity contribution in [3.8, 4) is 0 Å². The number of nitrogens with one attached hydrogen (secondary N) is 1. The van der Waals surface area contributed by atoms with E-state index in [1.54, 1.807) is 36.2 Å². The third-order valence-electron chi connectivity index (χ3n) is 4.02. The topological polar surface area (TPSA) is 65.8 Å². The molecular formula is C20H21N3O3S. The minimum atomic E-state index is -0.338. The number of hydrogen-bond acceptors (Lipinski definition) is 5. The summed E-state index contributed by atoms with van der Waals surface area (Å²) in [6, 6.07) is 14.8. The molecule has 3 aromatic rings. The molecule has 2 heterocycles. The SMILES string of the molecule is CN(Cc1ccc(N(C)C)cc1)C(=O)c1ccc(NC(=O)c2ccco2)s1. The van der Waals surface area contributed by atoms with Gasteiger partial charge in [-0.3, -0.25) is 9.59 Å². The monoisotopic (exact) mass is 383 g/mol. The van der Waals surface area contributed by atoms with Gasteiger partial charge in [0.05, 0.1) is 16.1 Å².